The molecule has 0 amide bonds. The first-order chi connectivity index (χ1) is 12.5. The lowest BCUT2D eigenvalue weighted by Crippen LogP contribution is -2.12. The van der Waals surface area contributed by atoms with E-state index < -0.39 is 11.9 Å². The first-order valence-electron chi connectivity index (χ1n) is 7.95. The van der Waals surface area contributed by atoms with Crippen LogP contribution in [0.4, 0.5) is 0 Å². The summed E-state index contributed by atoms with van der Waals surface area (Å²) in [6.45, 7) is 2.77. The van der Waals surface area contributed by atoms with E-state index in [9.17, 15) is 9.59 Å². The van der Waals surface area contributed by atoms with Crippen molar-refractivity contribution in [1.82, 2.24) is 0 Å². The lowest BCUT2D eigenvalue weighted by molar-refractivity contribution is 0.0388. The molecule has 138 valence electrons. The Morgan fingerprint density at radius 1 is 1.00 bits per heavy atom. The van der Waals surface area contributed by atoms with Gasteiger partial charge in [-0.2, -0.15) is 0 Å². The summed E-state index contributed by atoms with van der Waals surface area (Å²) in [4.78, 5) is 24.2. The summed E-state index contributed by atoms with van der Waals surface area (Å²) in [6.07, 6.45) is 0. The summed E-state index contributed by atoms with van der Waals surface area (Å²) < 4.78 is 21.4. The molecule has 6 nitrogen and oxygen atoms in total. The first kappa shape index (κ1) is 19.9. The molecule has 2 aromatic carbocycles. The predicted molar refractivity (Wildman–Crippen MR) is 98.9 cm³/mol. The van der Waals surface area contributed by atoms with Gasteiger partial charge < -0.3 is 18.9 Å². The zero-order chi connectivity index (χ0) is 18.9. The molecule has 0 N–H and O–H groups in total. The van der Waals surface area contributed by atoms with Crippen LogP contribution in [0.3, 0.4) is 0 Å². The van der Waals surface area contributed by atoms with Crippen molar-refractivity contribution in [2.75, 3.05) is 26.9 Å². The Morgan fingerprint density at radius 3 is 2.38 bits per heavy atom. The second-order valence-corrected chi connectivity index (χ2v) is 6.03. The van der Waals surface area contributed by atoms with Crippen LogP contribution >= 0.6 is 15.9 Å². The largest absolute Gasteiger partial charge is 0.493 e. The molecule has 0 bridgehead atoms. The van der Waals surface area contributed by atoms with E-state index in [0.717, 1.165) is 4.47 Å². The monoisotopic (exact) mass is 422 g/mol. The molecule has 7 heteroatoms. The summed E-state index contributed by atoms with van der Waals surface area (Å²) >= 11 is 3.33. The van der Waals surface area contributed by atoms with Gasteiger partial charge in [-0.05, 0) is 49.4 Å². The van der Waals surface area contributed by atoms with Gasteiger partial charge in [-0.3, -0.25) is 0 Å². The van der Waals surface area contributed by atoms with E-state index in [-0.39, 0.29) is 6.61 Å². The van der Waals surface area contributed by atoms with Crippen LogP contribution in [0.15, 0.2) is 46.9 Å². The van der Waals surface area contributed by atoms with Gasteiger partial charge in [0.1, 0.15) is 23.7 Å². The maximum absolute atomic E-state index is 12.4. The molecule has 0 saturated carbocycles. The van der Waals surface area contributed by atoms with Crippen molar-refractivity contribution < 1.29 is 28.5 Å². The maximum Gasteiger partial charge on any atom is 0.347 e. The predicted octanol–water partition coefficient (Wildman–Crippen LogP) is 3.87. The van der Waals surface area contributed by atoms with E-state index in [1.165, 1.54) is 31.4 Å². The molecular weight excluding hydrogens is 404 g/mol. The second-order valence-electron chi connectivity index (χ2n) is 5.12. The quantitative estimate of drug-likeness (QED) is 0.365. The number of rotatable bonds is 8. The van der Waals surface area contributed by atoms with Gasteiger partial charge in [0.15, 0.2) is 0 Å². The lowest BCUT2D eigenvalue weighted by Gasteiger charge is -2.10. The molecule has 0 spiro atoms. The molecule has 2 aromatic rings. The Balaban J connectivity index is 2.06. The molecule has 0 heterocycles. The van der Waals surface area contributed by atoms with Crippen LogP contribution in [-0.4, -0.2) is 38.9 Å². The topological polar surface area (TPSA) is 71.1 Å². The summed E-state index contributed by atoms with van der Waals surface area (Å²) in [5.41, 5.74) is 0.669. The average Bonchev–Trinajstić information content (AvgIpc) is 2.64. The smallest absolute Gasteiger partial charge is 0.347 e. The van der Waals surface area contributed by atoms with E-state index in [1.54, 1.807) is 18.2 Å². The summed E-state index contributed by atoms with van der Waals surface area (Å²) in [5, 5.41) is 0. The maximum atomic E-state index is 12.4. The Morgan fingerprint density at radius 2 is 1.73 bits per heavy atom. The van der Waals surface area contributed by atoms with Crippen molar-refractivity contribution in [3.8, 4) is 11.5 Å². The van der Waals surface area contributed by atoms with Crippen LogP contribution in [0.1, 0.15) is 27.6 Å². The fourth-order valence-corrected chi connectivity index (χ4v) is 2.43. The highest BCUT2D eigenvalue weighted by Crippen LogP contribution is 2.25. The zero-order valence-electron chi connectivity index (χ0n) is 14.5. The SMILES string of the molecule is CCOc1ccc(Br)cc1C(=O)Oc1ccc(C(=O)OCCOC)cc1. The van der Waals surface area contributed by atoms with Crippen molar-refractivity contribution in [3.05, 3.63) is 58.1 Å². The van der Waals surface area contributed by atoms with Crippen LogP contribution in [-0.2, 0) is 9.47 Å². The molecule has 0 fully saturated rings. The van der Waals surface area contributed by atoms with Crippen LogP contribution in [0.2, 0.25) is 0 Å². The van der Waals surface area contributed by atoms with E-state index in [0.29, 0.717) is 35.8 Å². The number of carbonyl (C=O) groups is 2. The molecule has 0 unspecified atom stereocenters. The van der Waals surface area contributed by atoms with Crippen LogP contribution in [0, 0.1) is 0 Å². The van der Waals surface area contributed by atoms with E-state index in [2.05, 4.69) is 15.9 Å². The summed E-state index contributed by atoms with van der Waals surface area (Å²) in [7, 11) is 1.53. The number of methoxy groups -OCH3 is 1. The number of carbonyl (C=O) groups excluding carboxylic acids is 2. The highest BCUT2D eigenvalue weighted by atomic mass is 79.9. The fourth-order valence-electron chi connectivity index (χ4n) is 2.07. The average molecular weight is 423 g/mol. The molecule has 0 saturated heterocycles. The van der Waals surface area contributed by atoms with Gasteiger partial charge in [0.05, 0.1) is 18.8 Å². The molecule has 2 rings (SSSR count). The highest BCUT2D eigenvalue weighted by molar-refractivity contribution is 9.10. The Bertz CT molecular complexity index is 757. The number of hydrogen-bond acceptors (Lipinski definition) is 6. The third-order valence-corrected chi connectivity index (χ3v) is 3.78. The Hall–Kier alpha value is -2.38. The van der Waals surface area contributed by atoms with Crippen molar-refractivity contribution in [2.45, 2.75) is 6.92 Å². The minimum Gasteiger partial charge on any atom is -0.493 e. The van der Waals surface area contributed by atoms with Gasteiger partial charge in [-0.25, -0.2) is 9.59 Å². The second kappa shape index (κ2) is 9.94. The van der Waals surface area contributed by atoms with Gasteiger partial charge in [0, 0.05) is 11.6 Å². The minimum atomic E-state index is -0.551. The van der Waals surface area contributed by atoms with Gasteiger partial charge in [0.2, 0.25) is 0 Å². The summed E-state index contributed by atoms with van der Waals surface area (Å²) in [6, 6.07) is 11.2. The molecule has 0 atom stereocenters. The Labute approximate surface area is 160 Å². The van der Waals surface area contributed by atoms with Crippen LogP contribution in [0.25, 0.3) is 0 Å². The zero-order valence-corrected chi connectivity index (χ0v) is 16.1. The standard InChI is InChI=1S/C19H19BrO6/c1-3-24-17-9-6-14(20)12-16(17)19(22)26-15-7-4-13(5-8-15)18(21)25-11-10-23-2/h4-9,12H,3,10-11H2,1-2H3. The summed E-state index contributed by atoms with van der Waals surface area (Å²) in [5.74, 6) is -0.263. The van der Waals surface area contributed by atoms with Crippen molar-refractivity contribution >= 4 is 27.9 Å². The number of hydrogen-bond donors (Lipinski definition) is 0. The van der Waals surface area contributed by atoms with Crippen molar-refractivity contribution in [3.63, 3.8) is 0 Å². The van der Waals surface area contributed by atoms with Gasteiger partial charge >= 0.3 is 11.9 Å². The van der Waals surface area contributed by atoms with Gasteiger partial charge in [-0.1, -0.05) is 15.9 Å². The van der Waals surface area contributed by atoms with Gasteiger partial charge in [0.25, 0.3) is 0 Å². The number of ether oxygens (including phenoxy) is 4. The van der Waals surface area contributed by atoms with Crippen LogP contribution in [0.5, 0.6) is 11.5 Å². The number of esters is 2. The molecular formula is C19H19BrO6. The molecule has 0 aliphatic heterocycles. The lowest BCUT2D eigenvalue weighted by atomic mass is 10.2. The number of halogens is 1. The normalized spacial score (nSPS) is 10.3. The number of benzene rings is 2. The minimum absolute atomic E-state index is 0.176. The molecule has 0 radical (unpaired) electrons. The first-order valence-corrected chi connectivity index (χ1v) is 8.75. The van der Waals surface area contributed by atoms with E-state index >= 15 is 0 Å². The van der Waals surface area contributed by atoms with E-state index in [4.69, 9.17) is 18.9 Å². The fraction of sp³-hybridized carbons (Fsp3) is 0.263. The highest BCUT2D eigenvalue weighted by Gasteiger charge is 2.16. The molecule has 0 aliphatic rings. The van der Waals surface area contributed by atoms with Crippen molar-refractivity contribution in [2.24, 2.45) is 0 Å². The molecule has 26 heavy (non-hydrogen) atoms. The third-order valence-electron chi connectivity index (χ3n) is 3.28. The van der Waals surface area contributed by atoms with Crippen LogP contribution < -0.4 is 9.47 Å². The van der Waals surface area contributed by atoms with Gasteiger partial charge in [-0.15, -0.1) is 0 Å². The third kappa shape index (κ3) is 5.57. The molecule has 0 aromatic heterocycles. The van der Waals surface area contributed by atoms with E-state index in [1.807, 2.05) is 6.92 Å². The van der Waals surface area contributed by atoms with Crippen molar-refractivity contribution in [1.29, 1.82) is 0 Å². The Kier molecular flexibility index (Phi) is 7.62. The molecule has 0 aliphatic carbocycles.